The van der Waals surface area contributed by atoms with Crippen LogP contribution >= 0.6 is 0 Å². The van der Waals surface area contributed by atoms with Gasteiger partial charge >= 0.3 is 5.97 Å². The molecular formula is C16H22N2O4. The molecule has 6 heteroatoms. The van der Waals surface area contributed by atoms with Gasteiger partial charge in [-0.25, -0.2) is 0 Å². The van der Waals surface area contributed by atoms with E-state index in [-0.39, 0.29) is 24.5 Å². The van der Waals surface area contributed by atoms with E-state index in [1.54, 1.807) is 32.0 Å². The first-order valence-corrected chi connectivity index (χ1v) is 7.37. The number of nitrogen functional groups attached to an aromatic ring is 1. The minimum atomic E-state index is -0.638. The second-order valence-corrected chi connectivity index (χ2v) is 5.94. The molecule has 0 radical (unpaired) electrons. The number of carbonyl (C=O) groups is 2. The standard InChI is InChI=1S/C16H22N2O4/c1-9(2)15-16(20)18(8-13(19)21-10(3)4)14-11(17)6-5-7-12(14)22-15/h5-7,9-10,15H,8,17H2,1-4H3. The average molecular weight is 306 g/mol. The Bertz CT molecular complexity index is 584. The first-order chi connectivity index (χ1) is 10.3. The van der Waals surface area contributed by atoms with Crippen molar-refractivity contribution in [2.75, 3.05) is 17.2 Å². The Morgan fingerprint density at radius 2 is 2.05 bits per heavy atom. The van der Waals surface area contributed by atoms with Crippen molar-refractivity contribution in [2.45, 2.75) is 39.9 Å². The van der Waals surface area contributed by atoms with Gasteiger partial charge in [-0.2, -0.15) is 0 Å². The summed E-state index contributed by atoms with van der Waals surface area (Å²) in [6.07, 6.45) is -0.877. The fourth-order valence-corrected chi connectivity index (χ4v) is 2.38. The molecule has 6 nitrogen and oxygen atoms in total. The van der Waals surface area contributed by atoms with Gasteiger partial charge in [0.15, 0.2) is 6.10 Å². The van der Waals surface area contributed by atoms with Gasteiger partial charge in [0.05, 0.1) is 11.8 Å². The average Bonchev–Trinajstić information content (AvgIpc) is 2.40. The number of anilines is 2. The lowest BCUT2D eigenvalue weighted by atomic mass is 10.0. The third-order valence-electron chi connectivity index (χ3n) is 3.32. The second-order valence-electron chi connectivity index (χ2n) is 5.94. The number of esters is 1. The number of fused-ring (bicyclic) bond motifs is 1. The van der Waals surface area contributed by atoms with Crippen molar-refractivity contribution in [2.24, 2.45) is 5.92 Å². The summed E-state index contributed by atoms with van der Waals surface area (Å²) in [6, 6.07) is 5.17. The van der Waals surface area contributed by atoms with E-state index in [0.717, 1.165) is 0 Å². The van der Waals surface area contributed by atoms with Crippen molar-refractivity contribution < 1.29 is 19.1 Å². The van der Waals surface area contributed by atoms with Crippen LogP contribution in [0.25, 0.3) is 0 Å². The highest BCUT2D eigenvalue weighted by molar-refractivity contribution is 6.05. The highest BCUT2D eigenvalue weighted by Gasteiger charge is 2.38. The van der Waals surface area contributed by atoms with Crippen molar-refractivity contribution in [3.05, 3.63) is 18.2 Å². The second kappa shape index (κ2) is 6.25. The van der Waals surface area contributed by atoms with E-state index < -0.39 is 12.1 Å². The van der Waals surface area contributed by atoms with E-state index >= 15 is 0 Å². The number of hydrogen-bond donors (Lipinski definition) is 1. The quantitative estimate of drug-likeness (QED) is 0.679. The summed E-state index contributed by atoms with van der Waals surface area (Å²) in [5.74, 6) is -0.260. The molecule has 0 saturated heterocycles. The Kier molecular flexibility index (Phi) is 4.59. The topological polar surface area (TPSA) is 81.9 Å². The van der Waals surface area contributed by atoms with E-state index in [1.807, 2.05) is 13.8 Å². The maximum atomic E-state index is 12.6. The van der Waals surface area contributed by atoms with E-state index in [4.69, 9.17) is 15.2 Å². The molecule has 1 amide bonds. The van der Waals surface area contributed by atoms with Crippen LogP contribution in [0.5, 0.6) is 5.75 Å². The van der Waals surface area contributed by atoms with Gasteiger partial charge < -0.3 is 15.2 Å². The van der Waals surface area contributed by atoms with Crippen molar-refractivity contribution >= 4 is 23.3 Å². The van der Waals surface area contributed by atoms with Gasteiger partial charge in [0.25, 0.3) is 5.91 Å². The van der Waals surface area contributed by atoms with Crippen molar-refractivity contribution in [3.63, 3.8) is 0 Å². The lowest BCUT2D eigenvalue weighted by molar-refractivity contribution is -0.147. The molecule has 22 heavy (non-hydrogen) atoms. The molecule has 1 aromatic rings. The Hall–Kier alpha value is -2.24. The zero-order valence-electron chi connectivity index (χ0n) is 13.3. The molecule has 1 aromatic carbocycles. The number of para-hydroxylation sites is 1. The molecule has 1 unspecified atom stereocenters. The Balaban J connectivity index is 2.37. The van der Waals surface area contributed by atoms with Gasteiger partial charge in [-0.15, -0.1) is 0 Å². The summed E-state index contributed by atoms with van der Waals surface area (Å²) in [4.78, 5) is 26.0. The molecule has 0 bridgehead atoms. The number of ether oxygens (including phenoxy) is 2. The van der Waals surface area contributed by atoms with Crippen molar-refractivity contribution in [1.29, 1.82) is 0 Å². The predicted molar refractivity (Wildman–Crippen MR) is 83.7 cm³/mol. The molecule has 1 aliphatic rings. The van der Waals surface area contributed by atoms with Gasteiger partial charge in [-0.05, 0) is 31.9 Å². The third-order valence-corrected chi connectivity index (χ3v) is 3.32. The van der Waals surface area contributed by atoms with Crippen LogP contribution < -0.4 is 15.4 Å². The maximum Gasteiger partial charge on any atom is 0.326 e. The predicted octanol–water partition coefficient (Wildman–Crippen LogP) is 1.97. The third kappa shape index (κ3) is 3.16. The zero-order chi connectivity index (χ0) is 16.4. The molecule has 2 N–H and O–H groups in total. The zero-order valence-corrected chi connectivity index (χ0v) is 13.3. The Labute approximate surface area is 130 Å². The number of nitrogens with two attached hydrogens (primary N) is 1. The maximum absolute atomic E-state index is 12.6. The number of carbonyl (C=O) groups excluding carboxylic acids is 2. The molecular weight excluding hydrogens is 284 g/mol. The minimum absolute atomic E-state index is 0.0225. The van der Waals surface area contributed by atoms with E-state index in [9.17, 15) is 9.59 Å². The molecule has 1 heterocycles. The SMILES string of the molecule is CC(C)OC(=O)CN1C(=O)C(C(C)C)Oc2cccc(N)c21. The van der Waals surface area contributed by atoms with Crippen LogP contribution in [0.2, 0.25) is 0 Å². The molecule has 120 valence electrons. The highest BCUT2D eigenvalue weighted by Crippen LogP contribution is 2.39. The summed E-state index contributed by atoms with van der Waals surface area (Å²) < 4.78 is 10.9. The minimum Gasteiger partial charge on any atom is -0.478 e. The molecule has 0 saturated carbocycles. The molecule has 0 aliphatic carbocycles. The van der Waals surface area contributed by atoms with Gasteiger partial charge in [-0.1, -0.05) is 19.9 Å². The largest absolute Gasteiger partial charge is 0.478 e. The van der Waals surface area contributed by atoms with E-state index in [1.165, 1.54) is 4.90 Å². The normalized spacial score (nSPS) is 17.5. The van der Waals surface area contributed by atoms with Crippen LogP contribution in [0.1, 0.15) is 27.7 Å². The van der Waals surface area contributed by atoms with Crippen LogP contribution in [0.3, 0.4) is 0 Å². The van der Waals surface area contributed by atoms with Crippen LogP contribution in [0.15, 0.2) is 18.2 Å². The van der Waals surface area contributed by atoms with Crippen LogP contribution in [0, 0.1) is 5.92 Å². The van der Waals surface area contributed by atoms with Gasteiger partial charge in [0, 0.05) is 0 Å². The lowest BCUT2D eigenvalue weighted by Crippen LogP contribution is -2.50. The summed E-state index contributed by atoms with van der Waals surface area (Å²) in [5, 5.41) is 0. The number of benzene rings is 1. The molecule has 2 rings (SSSR count). The van der Waals surface area contributed by atoms with Crippen molar-refractivity contribution in [3.8, 4) is 5.75 Å². The first-order valence-electron chi connectivity index (χ1n) is 7.37. The molecule has 0 spiro atoms. The molecule has 1 aliphatic heterocycles. The van der Waals surface area contributed by atoms with Crippen LogP contribution in [-0.4, -0.2) is 30.6 Å². The number of amides is 1. The van der Waals surface area contributed by atoms with E-state index in [0.29, 0.717) is 17.1 Å². The molecule has 0 fully saturated rings. The Morgan fingerprint density at radius 3 is 2.64 bits per heavy atom. The number of rotatable bonds is 4. The summed E-state index contributed by atoms with van der Waals surface area (Å²) in [6.45, 7) is 7.14. The Morgan fingerprint density at radius 1 is 1.36 bits per heavy atom. The van der Waals surface area contributed by atoms with Crippen molar-refractivity contribution in [1.82, 2.24) is 0 Å². The number of hydrogen-bond acceptors (Lipinski definition) is 5. The van der Waals surface area contributed by atoms with Crippen LogP contribution in [0.4, 0.5) is 11.4 Å². The lowest BCUT2D eigenvalue weighted by Gasteiger charge is -2.36. The fourth-order valence-electron chi connectivity index (χ4n) is 2.38. The van der Waals surface area contributed by atoms with Gasteiger partial charge in [0.2, 0.25) is 0 Å². The summed E-state index contributed by atoms with van der Waals surface area (Å²) in [5.41, 5.74) is 6.80. The van der Waals surface area contributed by atoms with Gasteiger partial charge in [0.1, 0.15) is 18.0 Å². The summed E-state index contributed by atoms with van der Waals surface area (Å²) in [7, 11) is 0. The van der Waals surface area contributed by atoms with Crippen LogP contribution in [-0.2, 0) is 14.3 Å². The highest BCUT2D eigenvalue weighted by atomic mass is 16.5. The van der Waals surface area contributed by atoms with Gasteiger partial charge in [-0.3, -0.25) is 14.5 Å². The fraction of sp³-hybridized carbons (Fsp3) is 0.500. The van der Waals surface area contributed by atoms with E-state index in [2.05, 4.69) is 0 Å². The smallest absolute Gasteiger partial charge is 0.326 e. The molecule has 0 aromatic heterocycles. The summed E-state index contributed by atoms with van der Waals surface area (Å²) >= 11 is 0. The monoisotopic (exact) mass is 306 g/mol. The first kappa shape index (κ1) is 16.1. The molecule has 1 atom stereocenters. The number of nitrogens with zero attached hydrogens (tertiary/aromatic N) is 1.